The Bertz CT molecular complexity index is 617. The number of hydrogen-bond acceptors (Lipinski definition) is 4. The number of nitrogen functional groups attached to an aromatic ring is 1. The third kappa shape index (κ3) is 3.22. The van der Waals surface area contributed by atoms with Gasteiger partial charge in [0.1, 0.15) is 10.8 Å². The van der Waals surface area contributed by atoms with E-state index in [9.17, 15) is 4.39 Å². The van der Waals surface area contributed by atoms with Crippen molar-refractivity contribution in [2.24, 2.45) is 5.92 Å². The summed E-state index contributed by atoms with van der Waals surface area (Å²) in [5.41, 5.74) is 6.37. The maximum absolute atomic E-state index is 13.6. The SMILES string of the molecule is Nc1ccc(Sc2ccccc2F)nc1OCC1CC1. The minimum Gasteiger partial charge on any atom is -0.476 e. The minimum atomic E-state index is -0.253. The highest BCUT2D eigenvalue weighted by atomic mass is 32.2. The average Bonchev–Trinajstić information content (AvgIpc) is 3.26. The first kappa shape index (κ1) is 13.2. The highest BCUT2D eigenvalue weighted by molar-refractivity contribution is 7.99. The van der Waals surface area contributed by atoms with Crippen LogP contribution in [0.4, 0.5) is 10.1 Å². The number of halogens is 1. The summed E-state index contributed by atoms with van der Waals surface area (Å²) < 4.78 is 19.2. The predicted molar refractivity (Wildman–Crippen MR) is 77.4 cm³/mol. The van der Waals surface area contributed by atoms with Gasteiger partial charge in [0.2, 0.25) is 5.88 Å². The second-order valence-electron chi connectivity index (χ2n) is 4.83. The lowest BCUT2D eigenvalue weighted by molar-refractivity contribution is 0.288. The smallest absolute Gasteiger partial charge is 0.238 e. The van der Waals surface area contributed by atoms with Gasteiger partial charge in [0.15, 0.2) is 0 Å². The van der Waals surface area contributed by atoms with Gasteiger partial charge in [-0.25, -0.2) is 9.37 Å². The van der Waals surface area contributed by atoms with E-state index < -0.39 is 0 Å². The van der Waals surface area contributed by atoms with Crippen LogP contribution in [0.25, 0.3) is 0 Å². The fourth-order valence-corrected chi connectivity index (χ4v) is 2.53. The molecule has 0 amide bonds. The Morgan fingerprint density at radius 3 is 2.80 bits per heavy atom. The summed E-state index contributed by atoms with van der Waals surface area (Å²) in [5, 5.41) is 0.676. The van der Waals surface area contributed by atoms with Gasteiger partial charge in [0.05, 0.1) is 12.3 Å². The molecule has 1 saturated carbocycles. The van der Waals surface area contributed by atoms with Crippen molar-refractivity contribution < 1.29 is 9.13 Å². The third-order valence-corrected chi connectivity index (χ3v) is 4.06. The number of hydrogen-bond donors (Lipinski definition) is 1. The number of aromatic nitrogens is 1. The maximum atomic E-state index is 13.6. The van der Waals surface area contributed by atoms with E-state index in [0.29, 0.717) is 34.0 Å². The Morgan fingerprint density at radius 2 is 2.05 bits per heavy atom. The molecule has 0 bridgehead atoms. The van der Waals surface area contributed by atoms with E-state index in [1.165, 1.54) is 30.7 Å². The summed E-state index contributed by atoms with van der Waals surface area (Å²) in [5.74, 6) is 0.828. The molecule has 0 saturated heterocycles. The van der Waals surface area contributed by atoms with Crippen LogP contribution in [0, 0.1) is 11.7 Å². The molecule has 1 heterocycles. The van der Waals surface area contributed by atoms with Crippen LogP contribution in [0.5, 0.6) is 5.88 Å². The molecule has 1 fully saturated rings. The third-order valence-electron chi connectivity index (χ3n) is 3.07. The monoisotopic (exact) mass is 290 g/mol. The van der Waals surface area contributed by atoms with Crippen LogP contribution in [-0.4, -0.2) is 11.6 Å². The zero-order valence-corrected chi connectivity index (χ0v) is 11.7. The summed E-state index contributed by atoms with van der Waals surface area (Å²) in [7, 11) is 0. The lowest BCUT2D eigenvalue weighted by atomic mass is 10.3. The van der Waals surface area contributed by atoms with Crippen molar-refractivity contribution in [3.05, 3.63) is 42.2 Å². The lowest BCUT2D eigenvalue weighted by Gasteiger charge is -2.09. The van der Waals surface area contributed by atoms with Crippen LogP contribution in [0.3, 0.4) is 0 Å². The lowest BCUT2D eigenvalue weighted by Crippen LogP contribution is -2.04. The number of rotatable bonds is 5. The molecule has 5 heteroatoms. The van der Waals surface area contributed by atoms with Crippen molar-refractivity contribution >= 4 is 17.4 Å². The van der Waals surface area contributed by atoms with Gasteiger partial charge < -0.3 is 10.5 Å². The van der Waals surface area contributed by atoms with Crippen molar-refractivity contribution in [3.8, 4) is 5.88 Å². The highest BCUT2D eigenvalue weighted by Crippen LogP contribution is 2.33. The number of ether oxygens (including phenoxy) is 1. The Labute approximate surface area is 121 Å². The molecule has 3 rings (SSSR count). The number of nitrogens with two attached hydrogens (primary N) is 1. The normalized spacial score (nSPS) is 14.2. The van der Waals surface area contributed by atoms with Crippen LogP contribution in [0.1, 0.15) is 12.8 Å². The van der Waals surface area contributed by atoms with E-state index in [1.54, 1.807) is 30.3 Å². The summed E-state index contributed by atoms with van der Waals surface area (Å²) >= 11 is 1.27. The second kappa shape index (κ2) is 5.71. The number of pyridine rings is 1. The Kier molecular flexibility index (Phi) is 3.78. The van der Waals surface area contributed by atoms with Crippen LogP contribution in [0.2, 0.25) is 0 Å². The molecule has 0 atom stereocenters. The van der Waals surface area contributed by atoms with E-state index >= 15 is 0 Å². The Morgan fingerprint density at radius 1 is 1.25 bits per heavy atom. The van der Waals surface area contributed by atoms with E-state index in [-0.39, 0.29) is 5.82 Å². The first-order valence-electron chi connectivity index (χ1n) is 6.54. The van der Waals surface area contributed by atoms with E-state index in [2.05, 4.69) is 4.98 Å². The first-order valence-corrected chi connectivity index (χ1v) is 7.36. The highest BCUT2D eigenvalue weighted by Gasteiger charge is 2.22. The van der Waals surface area contributed by atoms with Crippen molar-refractivity contribution in [1.82, 2.24) is 4.98 Å². The van der Waals surface area contributed by atoms with Crippen molar-refractivity contribution in [1.29, 1.82) is 0 Å². The van der Waals surface area contributed by atoms with Crippen molar-refractivity contribution in [3.63, 3.8) is 0 Å². The average molecular weight is 290 g/mol. The fourth-order valence-electron chi connectivity index (χ4n) is 1.73. The molecule has 2 N–H and O–H groups in total. The number of benzene rings is 1. The van der Waals surface area contributed by atoms with Gasteiger partial charge in [-0.2, -0.15) is 0 Å². The molecule has 0 unspecified atom stereocenters. The summed E-state index contributed by atoms with van der Waals surface area (Å²) in [4.78, 5) is 4.90. The second-order valence-corrected chi connectivity index (χ2v) is 5.89. The summed E-state index contributed by atoms with van der Waals surface area (Å²) in [6.45, 7) is 0.658. The predicted octanol–water partition coefficient (Wildman–Crippen LogP) is 3.74. The molecule has 0 aliphatic heterocycles. The Balaban J connectivity index is 1.75. The molecule has 1 aliphatic carbocycles. The van der Waals surface area contributed by atoms with Crippen molar-refractivity contribution in [2.45, 2.75) is 22.8 Å². The summed E-state index contributed by atoms with van der Waals surface area (Å²) in [6.07, 6.45) is 2.42. The van der Waals surface area contributed by atoms with Crippen LogP contribution in [0.15, 0.2) is 46.3 Å². The molecule has 20 heavy (non-hydrogen) atoms. The quantitative estimate of drug-likeness (QED) is 0.911. The standard InChI is InChI=1S/C15H15FN2OS/c16-11-3-1-2-4-13(11)20-14-8-7-12(17)15(18-14)19-9-10-5-6-10/h1-4,7-8,10H,5-6,9,17H2. The molecular formula is C15H15FN2OS. The maximum Gasteiger partial charge on any atom is 0.238 e. The van der Waals surface area contributed by atoms with Gasteiger partial charge in [-0.05, 0) is 43.0 Å². The largest absolute Gasteiger partial charge is 0.476 e. The van der Waals surface area contributed by atoms with Gasteiger partial charge in [-0.3, -0.25) is 0 Å². The fraction of sp³-hybridized carbons (Fsp3) is 0.267. The van der Waals surface area contributed by atoms with Gasteiger partial charge >= 0.3 is 0 Å². The molecular weight excluding hydrogens is 275 g/mol. The zero-order chi connectivity index (χ0) is 13.9. The minimum absolute atomic E-state index is 0.253. The van der Waals surface area contributed by atoms with Gasteiger partial charge in [0.25, 0.3) is 0 Å². The Hall–Kier alpha value is -1.75. The molecule has 0 radical (unpaired) electrons. The number of nitrogens with zero attached hydrogens (tertiary/aromatic N) is 1. The van der Waals surface area contributed by atoms with Crippen molar-refractivity contribution in [2.75, 3.05) is 12.3 Å². The molecule has 2 aromatic rings. The first-order chi connectivity index (χ1) is 9.72. The molecule has 1 aromatic carbocycles. The van der Waals surface area contributed by atoms with E-state index in [0.717, 1.165) is 0 Å². The van der Waals surface area contributed by atoms with Gasteiger partial charge in [-0.15, -0.1) is 0 Å². The molecule has 0 spiro atoms. The van der Waals surface area contributed by atoms with E-state index in [4.69, 9.17) is 10.5 Å². The summed E-state index contributed by atoms with van der Waals surface area (Å²) in [6, 6.07) is 10.1. The van der Waals surface area contributed by atoms with Crippen LogP contribution < -0.4 is 10.5 Å². The van der Waals surface area contributed by atoms with Gasteiger partial charge in [0, 0.05) is 4.90 Å². The van der Waals surface area contributed by atoms with E-state index in [1.807, 2.05) is 0 Å². The molecule has 3 nitrogen and oxygen atoms in total. The van der Waals surface area contributed by atoms with Crippen LogP contribution >= 0.6 is 11.8 Å². The zero-order valence-electron chi connectivity index (χ0n) is 10.9. The molecule has 1 aromatic heterocycles. The van der Waals surface area contributed by atoms with Gasteiger partial charge in [-0.1, -0.05) is 23.9 Å². The topological polar surface area (TPSA) is 48.1 Å². The van der Waals surface area contributed by atoms with Crippen LogP contribution in [-0.2, 0) is 0 Å². The number of anilines is 1. The molecule has 104 valence electrons. The molecule has 1 aliphatic rings.